The van der Waals surface area contributed by atoms with Crippen LogP contribution < -0.4 is 0 Å². The molecule has 1 aliphatic rings. The number of hydrogen-bond acceptors (Lipinski definition) is 5. The van der Waals surface area contributed by atoms with Crippen molar-refractivity contribution in [2.75, 3.05) is 13.6 Å². The number of rotatable bonds is 6. The van der Waals surface area contributed by atoms with Gasteiger partial charge in [-0.05, 0) is 31.0 Å². The van der Waals surface area contributed by atoms with Crippen molar-refractivity contribution >= 4 is 10.0 Å². The van der Waals surface area contributed by atoms with Crippen molar-refractivity contribution in [2.24, 2.45) is 0 Å². The lowest BCUT2D eigenvalue weighted by atomic mass is 9.89. The van der Waals surface area contributed by atoms with E-state index in [9.17, 15) is 12.8 Å². The maximum absolute atomic E-state index is 13.3. The molecule has 0 N–H and O–H groups in total. The molecule has 1 saturated carbocycles. The van der Waals surface area contributed by atoms with Crippen LogP contribution in [0, 0.1) is 5.82 Å². The lowest BCUT2D eigenvalue weighted by Gasteiger charge is -2.17. The Morgan fingerprint density at radius 2 is 2.04 bits per heavy atom. The number of likely N-dealkylation sites (N-methyl/N-ethyl adjacent to an activating group) is 1. The highest BCUT2D eigenvalue weighted by atomic mass is 32.2. The molecule has 1 aromatic carbocycles. The zero-order valence-electron chi connectivity index (χ0n) is 14.2. The fraction of sp³-hybridized carbons (Fsp3) is 0.529. The molecule has 1 aromatic heterocycles. The van der Waals surface area contributed by atoms with Gasteiger partial charge in [0.25, 0.3) is 0 Å². The quantitative estimate of drug-likeness (QED) is 0.784. The molecule has 0 bridgehead atoms. The van der Waals surface area contributed by atoms with Crippen LogP contribution in [0.15, 0.2) is 33.7 Å². The summed E-state index contributed by atoms with van der Waals surface area (Å²) in [5, 5.41) is 3.96. The Kier molecular flexibility index (Phi) is 5.48. The molecule has 3 rings (SSSR count). The number of nitrogens with zero attached hydrogens (tertiary/aromatic N) is 3. The van der Waals surface area contributed by atoms with Gasteiger partial charge < -0.3 is 4.52 Å². The van der Waals surface area contributed by atoms with Gasteiger partial charge in [0.15, 0.2) is 5.82 Å². The van der Waals surface area contributed by atoms with Crippen molar-refractivity contribution in [3.8, 4) is 0 Å². The van der Waals surface area contributed by atoms with E-state index in [-0.39, 0.29) is 11.4 Å². The molecule has 0 atom stereocenters. The molecule has 0 radical (unpaired) electrons. The third-order valence-electron chi connectivity index (χ3n) is 4.59. The van der Waals surface area contributed by atoms with Crippen LogP contribution >= 0.6 is 0 Å². The molecular weight excluding hydrogens is 345 g/mol. The molecular formula is C17H22FN3O3S. The molecule has 8 heteroatoms. The van der Waals surface area contributed by atoms with Gasteiger partial charge in [0.05, 0.1) is 4.90 Å². The number of hydrogen-bond donors (Lipinski definition) is 0. The number of halogens is 1. The van der Waals surface area contributed by atoms with Crippen LogP contribution in [0.2, 0.25) is 0 Å². The van der Waals surface area contributed by atoms with Crippen LogP contribution in [0.4, 0.5) is 4.39 Å². The summed E-state index contributed by atoms with van der Waals surface area (Å²) in [4.78, 5) is 4.35. The second kappa shape index (κ2) is 7.61. The second-order valence-corrected chi connectivity index (χ2v) is 8.46. The third kappa shape index (κ3) is 4.24. The Labute approximate surface area is 147 Å². The molecule has 1 heterocycles. The Bertz CT molecular complexity index is 816. The monoisotopic (exact) mass is 367 g/mol. The average Bonchev–Trinajstić information content (AvgIpc) is 3.09. The van der Waals surface area contributed by atoms with E-state index in [1.807, 2.05) is 0 Å². The average molecular weight is 367 g/mol. The van der Waals surface area contributed by atoms with E-state index in [0.29, 0.717) is 24.1 Å². The molecule has 1 fully saturated rings. The van der Waals surface area contributed by atoms with Gasteiger partial charge in [-0.15, -0.1) is 0 Å². The van der Waals surface area contributed by atoms with Crippen LogP contribution in [-0.4, -0.2) is 36.5 Å². The summed E-state index contributed by atoms with van der Waals surface area (Å²) >= 11 is 0. The van der Waals surface area contributed by atoms with Gasteiger partial charge in [-0.1, -0.05) is 30.5 Å². The van der Waals surface area contributed by atoms with E-state index in [4.69, 9.17) is 4.52 Å². The van der Waals surface area contributed by atoms with Crippen LogP contribution in [0.25, 0.3) is 0 Å². The summed E-state index contributed by atoms with van der Waals surface area (Å²) in [6, 6.07) is 4.99. The molecule has 0 amide bonds. The highest BCUT2D eigenvalue weighted by molar-refractivity contribution is 7.89. The third-order valence-corrected chi connectivity index (χ3v) is 6.45. The molecule has 6 nitrogen and oxygen atoms in total. The summed E-state index contributed by atoms with van der Waals surface area (Å²) in [6.45, 7) is 0.197. The topological polar surface area (TPSA) is 76.3 Å². The van der Waals surface area contributed by atoms with E-state index in [0.717, 1.165) is 18.9 Å². The minimum absolute atomic E-state index is 0.0639. The maximum atomic E-state index is 13.3. The van der Waals surface area contributed by atoms with E-state index in [1.54, 1.807) is 0 Å². The van der Waals surface area contributed by atoms with Gasteiger partial charge in [-0.3, -0.25) is 0 Å². The van der Waals surface area contributed by atoms with Gasteiger partial charge >= 0.3 is 0 Å². The zero-order valence-corrected chi connectivity index (χ0v) is 15.0. The number of aromatic nitrogens is 2. The smallest absolute Gasteiger partial charge is 0.242 e. The van der Waals surface area contributed by atoms with Crippen molar-refractivity contribution in [3.63, 3.8) is 0 Å². The molecule has 0 unspecified atom stereocenters. The largest absolute Gasteiger partial charge is 0.339 e. The van der Waals surface area contributed by atoms with Crippen LogP contribution in [0.3, 0.4) is 0 Å². The predicted octanol–water partition coefficient (Wildman–Crippen LogP) is 3.12. The van der Waals surface area contributed by atoms with Crippen molar-refractivity contribution in [3.05, 3.63) is 41.8 Å². The fourth-order valence-electron chi connectivity index (χ4n) is 3.07. The van der Waals surface area contributed by atoms with Crippen LogP contribution in [-0.2, 0) is 16.4 Å². The summed E-state index contributed by atoms with van der Waals surface area (Å²) in [6.07, 6.45) is 6.08. The van der Waals surface area contributed by atoms with Crippen molar-refractivity contribution < 1.29 is 17.3 Å². The van der Waals surface area contributed by atoms with Crippen molar-refractivity contribution in [2.45, 2.75) is 49.3 Å². The zero-order chi connectivity index (χ0) is 17.9. The molecule has 136 valence electrons. The highest BCUT2D eigenvalue weighted by Gasteiger charge is 2.24. The van der Waals surface area contributed by atoms with Gasteiger partial charge in [0.2, 0.25) is 15.9 Å². The van der Waals surface area contributed by atoms with E-state index in [1.165, 1.54) is 48.8 Å². The van der Waals surface area contributed by atoms with Gasteiger partial charge in [-0.2, -0.15) is 4.98 Å². The van der Waals surface area contributed by atoms with Crippen molar-refractivity contribution in [1.29, 1.82) is 0 Å². The maximum Gasteiger partial charge on any atom is 0.242 e. The molecule has 2 aromatic rings. The Balaban J connectivity index is 1.62. The Hall–Kier alpha value is -1.80. The minimum Gasteiger partial charge on any atom is -0.339 e. The first-order valence-electron chi connectivity index (χ1n) is 8.51. The van der Waals surface area contributed by atoms with Crippen molar-refractivity contribution in [1.82, 2.24) is 14.4 Å². The van der Waals surface area contributed by atoms with Gasteiger partial charge in [-0.25, -0.2) is 17.1 Å². The SMILES string of the molecule is CN(CCc1noc(C2CCCCC2)n1)S(=O)(=O)c1cccc(F)c1. The Morgan fingerprint density at radius 3 is 2.76 bits per heavy atom. The summed E-state index contributed by atoms with van der Waals surface area (Å²) < 4.78 is 44.7. The van der Waals surface area contributed by atoms with Crippen LogP contribution in [0.5, 0.6) is 0 Å². The standard InChI is InChI=1S/C17H22FN3O3S/c1-21(25(22,23)15-9-5-8-14(18)12-15)11-10-16-19-17(24-20-16)13-6-3-2-4-7-13/h5,8-9,12-13H,2-4,6-7,10-11H2,1H3. The van der Waals surface area contributed by atoms with Crippen LogP contribution in [0.1, 0.15) is 49.7 Å². The van der Waals surface area contributed by atoms with E-state index in [2.05, 4.69) is 10.1 Å². The van der Waals surface area contributed by atoms with Gasteiger partial charge in [0, 0.05) is 25.9 Å². The molecule has 1 aliphatic carbocycles. The summed E-state index contributed by atoms with van der Waals surface area (Å²) in [5.74, 6) is 0.903. The fourth-order valence-corrected chi connectivity index (χ4v) is 4.27. The molecule has 25 heavy (non-hydrogen) atoms. The molecule has 0 saturated heterocycles. The lowest BCUT2D eigenvalue weighted by molar-refractivity contribution is 0.311. The normalized spacial score (nSPS) is 16.4. The number of benzene rings is 1. The minimum atomic E-state index is -3.74. The summed E-state index contributed by atoms with van der Waals surface area (Å²) in [7, 11) is -2.28. The lowest BCUT2D eigenvalue weighted by Crippen LogP contribution is -2.29. The summed E-state index contributed by atoms with van der Waals surface area (Å²) in [5.41, 5.74) is 0. The molecule has 0 spiro atoms. The second-order valence-electron chi connectivity index (χ2n) is 6.42. The highest BCUT2D eigenvalue weighted by Crippen LogP contribution is 2.31. The number of sulfonamides is 1. The van der Waals surface area contributed by atoms with Gasteiger partial charge in [0.1, 0.15) is 5.82 Å². The predicted molar refractivity (Wildman–Crippen MR) is 90.0 cm³/mol. The first kappa shape index (κ1) is 18.0. The Morgan fingerprint density at radius 1 is 1.28 bits per heavy atom. The van der Waals surface area contributed by atoms with E-state index < -0.39 is 15.8 Å². The van der Waals surface area contributed by atoms with E-state index >= 15 is 0 Å². The first-order chi connectivity index (χ1) is 12.0. The molecule has 0 aliphatic heterocycles. The first-order valence-corrected chi connectivity index (χ1v) is 9.95.